The Morgan fingerprint density at radius 3 is 2.90 bits per heavy atom. The van der Waals surface area contributed by atoms with E-state index >= 15 is 0 Å². The zero-order valence-electron chi connectivity index (χ0n) is 11.3. The van der Waals surface area contributed by atoms with Crippen LogP contribution in [0.2, 0.25) is 5.02 Å². The van der Waals surface area contributed by atoms with Gasteiger partial charge in [0.2, 0.25) is 0 Å². The van der Waals surface area contributed by atoms with Crippen LogP contribution in [0.15, 0.2) is 39.6 Å². The number of hydrogen-bond acceptors (Lipinski definition) is 6. The number of nitrogens with one attached hydrogen (secondary N) is 1. The lowest BCUT2D eigenvalue weighted by Crippen LogP contribution is -2.03. The first-order valence-electron chi connectivity index (χ1n) is 6.18. The van der Waals surface area contributed by atoms with Gasteiger partial charge in [0.25, 0.3) is 0 Å². The van der Waals surface area contributed by atoms with Crippen molar-refractivity contribution in [3.8, 4) is 0 Å². The fourth-order valence-electron chi connectivity index (χ4n) is 1.44. The minimum atomic E-state index is 0.630. The highest BCUT2D eigenvalue weighted by Gasteiger charge is 2.08. The van der Waals surface area contributed by atoms with Crippen LogP contribution in [0.4, 0.5) is 5.82 Å². The molecule has 7 heteroatoms. The zero-order valence-corrected chi connectivity index (χ0v) is 13.6. The fraction of sp³-hybridized carbons (Fsp3) is 0.308. The average molecular weight is 327 g/mol. The van der Waals surface area contributed by atoms with Crippen LogP contribution in [-0.4, -0.2) is 27.8 Å². The summed E-state index contributed by atoms with van der Waals surface area (Å²) in [6.07, 6.45) is 4.73. The topological polar surface area (TPSA) is 50.7 Å². The monoisotopic (exact) mass is 326 g/mol. The third kappa shape index (κ3) is 4.26. The van der Waals surface area contributed by atoms with Gasteiger partial charge in [-0.15, -0.1) is 0 Å². The van der Waals surface area contributed by atoms with E-state index in [-0.39, 0.29) is 0 Å². The first-order chi connectivity index (χ1) is 9.72. The van der Waals surface area contributed by atoms with Crippen molar-refractivity contribution in [3.63, 3.8) is 0 Å². The van der Waals surface area contributed by atoms with Gasteiger partial charge < -0.3 is 5.32 Å². The number of aromatic nitrogens is 3. The van der Waals surface area contributed by atoms with Gasteiger partial charge in [-0.2, -0.15) is 0 Å². The van der Waals surface area contributed by atoms with Crippen LogP contribution in [0.25, 0.3) is 0 Å². The molecule has 0 fully saturated rings. The number of nitrogens with zero attached hydrogens (tertiary/aromatic N) is 3. The van der Waals surface area contributed by atoms with E-state index < -0.39 is 0 Å². The molecule has 20 heavy (non-hydrogen) atoms. The number of halogens is 1. The molecule has 0 unspecified atom stereocenters. The van der Waals surface area contributed by atoms with Crippen molar-refractivity contribution in [2.24, 2.45) is 0 Å². The standard InChI is InChI=1S/C13H15ClN4S2/c1-3-6-15-10-8-11(18-13(17-10)19-2)20-12-9(14)5-4-7-16-12/h4-5,7-8H,3,6H2,1-2H3,(H,15,17,18). The summed E-state index contributed by atoms with van der Waals surface area (Å²) in [7, 11) is 0. The fourth-order valence-corrected chi connectivity index (χ4v) is 2.89. The smallest absolute Gasteiger partial charge is 0.190 e. The molecule has 2 aromatic rings. The lowest BCUT2D eigenvalue weighted by atomic mass is 10.4. The Kier molecular flexibility index (Phi) is 5.94. The summed E-state index contributed by atoms with van der Waals surface area (Å²) in [6, 6.07) is 5.56. The molecule has 1 N–H and O–H groups in total. The van der Waals surface area contributed by atoms with Crippen molar-refractivity contribution in [1.82, 2.24) is 15.0 Å². The molecule has 0 spiro atoms. The van der Waals surface area contributed by atoms with Gasteiger partial charge in [-0.1, -0.05) is 30.3 Å². The SMILES string of the molecule is CCCNc1cc(Sc2ncccc2Cl)nc(SC)n1. The van der Waals surface area contributed by atoms with E-state index in [1.54, 1.807) is 6.20 Å². The zero-order chi connectivity index (χ0) is 14.4. The van der Waals surface area contributed by atoms with Crippen LogP contribution >= 0.6 is 35.1 Å². The number of anilines is 1. The Balaban J connectivity index is 2.24. The second-order valence-corrected chi connectivity index (χ2v) is 6.09. The van der Waals surface area contributed by atoms with E-state index in [2.05, 4.69) is 27.2 Å². The van der Waals surface area contributed by atoms with E-state index in [9.17, 15) is 0 Å². The first-order valence-corrected chi connectivity index (χ1v) is 8.60. The molecule has 0 amide bonds. The summed E-state index contributed by atoms with van der Waals surface area (Å²) in [6.45, 7) is 3.01. The summed E-state index contributed by atoms with van der Waals surface area (Å²) >= 11 is 9.08. The average Bonchev–Trinajstić information content (AvgIpc) is 2.47. The molecule has 106 valence electrons. The van der Waals surface area contributed by atoms with Crippen LogP contribution < -0.4 is 5.32 Å². The molecule has 0 aliphatic rings. The Morgan fingerprint density at radius 1 is 1.35 bits per heavy atom. The molecule has 0 bridgehead atoms. The van der Waals surface area contributed by atoms with Crippen molar-refractivity contribution in [2.45, 2.75) is 28.6 Å². The largest absolute Gasteiger partial charge is 0.370 e. The number of pyridine rings is 1. The Hall–Kier alpha value is -0.980. The summed E-state index contributed by atoms with van der Waals surface area (Å²) < 4.78 is 0. The van der Waals surface area contributed by atoms with Crippen LogP contribution in [-0.2, 0) is 0 Å². The molecule has 2 heterocycles. The van der Waals surface area contributed by atoms with E-state index in [0.717, 1.165) is 34.0 Å². The van der Waals surface area contributed by atoms with Gasteiger partial charge in [-0.3, -0.25) is 0 Å². The molecule has 0 aliphatic heterocycles. The number of thioether (sulfide) groups is 1. The normalized spacial score (nSPS) is 10.6. The maximum Gasteiger partial charge on any atom is 0.190 e. The molecular formula is C13H15ClN4S2. The van der Waals surface area contributed by atoms with Crippen molar-refractivity contribution in [3.05, 3.63) is 29.4 Å². The Morgan fingerprint density at radius 2 is 2.20 bits per heavy atom. The van der Waals surface area contributed by atoms with Crippen LogP contribution in [0, 0.1) is 0 Å². The van der Waals surface area contributed by atoms with Crippen molar-refractivity contribution in [1.29, 1.82) is 0 Å². The molecule has 2 rings (SSSR count). The van der Waals surface area contributed by atoms with Gasteiger partial charge in [0.05, 0.1) is 5.02 Å². The Labute approximate surface area is 132 Å². The summed E-state index contributed by atoms with van der Waals surface area (Å²) in [5.41, 5.74) is 0. The minimum absolute atomic E-state index is 0.630. The maximum atomic E-state index is 6.12. The van der Waals surface area contributed by atoms with Gasteiger partial charge in [-0.25, -0.2) is 15.0 Å². The van der Waals surface area contributed by atoms with E-state index in [4.69, 9.17) is 11.6 Å². The van der Waals surface area contributed by atoms with Crippen molar-refractivity contribution >= 4 is 40.9 Å². The molecule has 0 aromatic carbocycles. The third-order valence-electron chi connectivity index (χ3n) is 2.35. The van der Waals surface area contributed by atoms with Crippen molar-refractivity contribution in [2.75, 3.05) is 18.1 Å². The lowest BCUT2D eigenvalue weighted by Gasteiger charge is -2.08. The van der Waals surface area contributed by atoms with Crippen molar-refractivity contribution < 1.29 is 0 Å². The van der Waals surface area contributed by atoms with Gasteiger partial charge in [0.1, 0.15) is 15.9 Å². The molecule has 0 saturated heterocycles. The van der Waals surface area contributed by atoms with Gasteiger partial charge in [-0.05, 0) is 36.6 Å². The van der Waals surface area contributed by atoms with E-state index in [1.807, 2.05) is 24.5 Å². The maximum absolute atomic E-state index is 6.12. The van der Waals surface area contributed by atoms with Crippen LogP contribution in [0.3, 0.4) is 0 Å². The highest BCUT2D eigenvalue weighted by atomic mass is 35.5. The molecule has 0 atom stereocenters. The first kappa shape index (κ1) is 15.4. The minimum Gasteiger partial charge on any atom is -0.370 e. The van der Waals surface area contributed by atoms with Gasteiger partial charge in [0.15, 0.2) is 5.16 Å². The molecule has 0 saturated carbocycles. The molecule has 0 aliphatic carbocycles. The van der Waals surface area contributed by atoms with Crippen LogP contribution in [0.1, 0.15) is 13.3 Å². The summed E-state index contributed by atoms with van der Waals surface area (Å²) in [5.74, 6) is 0.834. The molecule has 0 radical (unpaired) electrons. The second-order valence-electron chi connectivity index (χ2n) is 3.90. The van der Waals surface area contributed by atoms with E-state index in [1.165, 1.54) is 23.5 Å². The van der Waals surface area contributed by atoms with Gasteiger partial charge >= 0.3 is 0 Å². The summed E-state index contributed by atoms with van der Waals surface area (Å²) in [5, 5.41) is 6.23. The summed E-state index contributed by atoms with van der Waals surface area (Å²) in [4.78, 5) is 13.2. The molecule has 4 nitrogen and oxygen atoms in total. The lowest BCUT2D eigenvalue weighted by molar-refractivity contribution is 0.877. The number of hydrogen-bond donors (Lipinski definition) is 1. The van der Waals surface area contributed by atoms with E-state index in [0.29, 0.717) is 5.02 Å². The predicted octanol–water partition coefficient (Wildman–Crippen LogP) is 4.22. The molecule has 2 aromatic heterocycles. The second kappa shape index (κ2) is 7.71. The highest BCUT2D eigenvalue weighted by Crippen LogP contribution is 2.31. The molecular weight excluding hydrogens is 312 g/mol. The predicted molar refractivity (Wildman–Crippen MR) is 86.0 cm³/mol. The van der Waals surface area contributed by atoms with Crippen LogP contribution in [0.5, 0.6) is 0 Å². The Bertz CT molecular complexity index is 580. The quantitative estimate of drug-likeness (QED) is 0.487. The number of rotatable bonds is 6. The highest BCUT2D eigenvalue weighted by molar-refractivity contribution is 7.99. The third-order valence-corrected chi connectivity index (χ3v) is 4.25. The van der Waals surface area contributed by atoms with Gasteiger partial charge in [0, 0.05) is 18.8 Å².